The van der Waals surface area contributed by atoms with Gasteiger partial charge in [-0.2, -0.15) is 0 Å². The van der Waals surface area contributed by atoms with E-state index in [0.717, 1.165) is 16.9 Å². The van der Waals surface area contributed by atoms with Gasteiger partial charge in [0.25, 0.3) is 0 Å². The predicted octanol–water partition coefficient (Wildman–Crippen LogP) is 3.13. The van der Waals surface area contributed by atoms with Crippen LogP contribution >= 0.6 is 24.0 Å². The van der Waals surface area contributed by atoms with Crippen molar-refractivity contribution in [2.75, 3.05) is 18.1 Å². The summed E-state index contributed by atoms with van der Waals surface area (Å²) in [6, 6.07) is 17.8. The van der Waals surface area contributed by atoms with Gasteiger partial charge in [0.1, 0.15) is 12.4 Å². The summed E-state index contributed by atoms with van der Waals surface area (Å²) >= 11 is 0. The second-order valence-corrected chi connectivity index (χ2v) is 9.05. The van der Waals surface area contributed by atoms with Crippen molar-refractivity contribution in [3.8, 4) is 5.75 Å². The van der Waals surface area contributed by atoms with Crippen LogP contribution < -0.4 is 15.4 Å². The summed E-state index contributed by atoms with van der Waals surface area (Å²) in [4.78, 5) is 4.63. The standard InChI is InChI=1S/C21H27N3O3S.HI/c1-2-22-21(24-19-12-13-28(25,26)16-19)23-14-18-10-6-7-11-20(18)27-15-17-8-4-3-5-9-17;/h3-11,19H,2,12-16H2,1H3,(H2,22,23,24);1H. The number of hydrogen-bond acceptors (Lipinski definition) is 4. The van der Waals surface area contributed by atoms with Crippen LogP contribution in [0.15, 0.2) is 59.6 Å². The highest BCUT2D eigenvalue weighted by Gasteiger charge is 2.28. The Balaban J connectivity index is 0.00000300. The molecule has 1 saturated heterocycles. The molecule has 0 bridgehead atoms. The lowest BCUT2D eigenvalue weighted by Crippen LogP contribution is -2.44. The van der Waals surface area contributed by atoms with E-state index >= 15 is 0 Å². The van der Waals surface area contributed by atoms with Crippen molar-refractivity contribution < 1.29 is 13.2 Å². The highest BCUT2D eigenvalue weighted by molar-refractivity contribution is 14.0. The number of rotatable bonds is 7. The number of benzene rings is 2. The highest BCUT2D eigenvalue weighted by atomic mass is 127. The van der Waals surface area contributed by atoms with Gasteiger partial charge in [0, 0.05) is 18.2 Å². The summed E-state index contributed by atoms with van der Waals surface area (Å²) in [5, 5.41) is 6.43. The molecule has 1 aliphatic heterocycles. The summed E-state index contributed by atoms with van der Waals surface area (Å²) in [5.74, 6) is 1.82. The first kappa shape index (κ1) is 23.5. The van der Waals surface area contributed by atoms with Crippen molar-refractivity contribution in [1.29, 1.82) is 0 Å². The molecule has 1 unspecified atom stereocenters. The van der Waals surface area contributed by atoms with Crippen molar-refractivity contribution in [2.45, 2.75) is 32.5 Å². The van der Waals surface area contributed by atoms with Gasteiger partial charge in [-0.15, -0.1) is 24.0 Å². The van der Waals surface area contributed by atoms with Crippen molar-refractivity contribution in [3.63, 3.8) is 0 Å². The van der Waals surface area contributed by atoms with Crippen molar-refractivity contribution in [2.24, 2.45) is 4.99 Å². The molecular formula is C21H28IN3O3S. The second-order valence-electron chi connectivity index (χ2n) is 6.82. The third kappa shape index (κ3) is 7.50. The smallest absolute Gasteiger partial charge is 0.191 e. The number of nitrogens with one attached hydrogen (secondary N) is 2. The SMILES string of the molecule is CCNC(=NCc1ccccc1OCc1ccccc1)NC1CCS(=O)(=O)C1.I. The van der Waals surface area contributed by atoms with Crippen LogP contribution in [-0.2, 0) is 23.0 Å². The average molecular weight is 529 g/mol. The number of para-hydroxylation sites is 1. The fourth-order valence-electron chi connectivity index (χ4n) is 3.10. The molecule has 0 spiro atoms. The molecule has 1 atom stereocenters. The number of guanidine groups is 1. The van der Waals surface area contributed by atoms with E-state index in [1.807, 2.05) is 61.5 Å². The summed E-state index contributed by atoms with van der Waals surface area (Å²) in [7, 11) is -2.93. The Morgan fingerprint density at radius 3 is 2.55 bits per heavy atom. The monoisotopic (exact) mass is 529 g/mol. The Kier molecular flexibility index (Phi) is 9.22. The van der Waals surface area contributed by atoms with Crippen LogP contribution in [0.5, 0.6) is 5.75 Å². The van der Waals surface area contributed by atoms with E-state index in [9.17, 15) is 8.42 Å². The van der Waals surface area contributed by atoms with Crippen LogP contribution in [0.2, 0.25) is 0 Å². The van der Waals surface area contributed by atoms with Crippen LogP contribution in [0.4, 0.5) is 0 Å². The molecule has 6 nitrogen and oxygen atoms in total. The maximum Gasteiger partial charge on any atom is 0.191 e. The van der Waals surface area contributed by atoms with Gasteiger partial charge in [-0.05, 0) is 25.0 Å². The van der Waals surface area contributed by atoms with E-state index in [-0.39, 0.29) is 41.5 Å². The quantitative estimate of drug-likeness (QED) is 0.328. The minimum Gasteiger partial charge on any atom is -0.489 e. The molecule has 8 heteroatoms. The third-order valence-corrected chi connectivity index (χ3v) is 6.30. The van der Waals surface area contributed by atoms with Gasteiger partial charge in [0.15, 0.2) is 15.8 Å². The van der Waals surface area contributed by atoms with Crippen LogP contribution in [-0.4, -0.2) is 38.5 Å². The molecule has 1 fully saturated rings. The molecule has 0 amide bonds. The minimum atomic E-state index is -2.93. The summed E-state index contributed by atoms with van der Waals surface area (Å²) in [6.07, 6.45) is 0.615. The van der Waals surface area contributed by atoms with Gasteiger partial charge in [-0.1, -0.05) is 48.5 Å². The van der Waals surface area contributed by atoms with Crippen molar-refractivity contribution in [1.82, 2.24) is 10.6 Å². The fraction of sp³-hybridized carbons (Fsp3) is 0.381. The van der Waals surface area contributed by atoms with Crippen molar-refractivity contribution >= 4 is 39.8 Å². The zero-order valence-corrected chi connectivity index (χ0v) is 19.7. The van der Waals surface area contributed by atoms with E-state index in [4.69, 9.17) is 4.74 Å². The molecular weight excluding hydrogens is 501 g/mol. The molecule has 0 aromatic heterocycles. The average Bonchev–Trinajstić information content (AvgIpc) is 3.04. The van der Waals surface area contributed by atoms with E-state index in [1.54, 1.807) is 0 Å². The molecule has 2 aromatic carbocycles. The van der Waals surface area contributed by atoms with Crippen LogP contribution in [0.3, 0.4) is 0 Å². The van der Waals surface area contributed by atoms with Gasteiger partial charge in [0.2, 0.25) is 0 Å². The number of ether oxygens (including phenoxy) is 1. The third-order valence-electron chi connectivity index (χ3n) is 4.53. The topological polar surface area (TPSA) is 79.8 Å². The first-order valence-electron chi connectivity index (χ1n) is 9.55. The van der Waals surface area contributed by atoms with Gasteiger partial charge < -0.3 is 15.4 Å². The van der Waals surface area contributed by atoms with E-state index < -0.39 is 9.84 Å². The number of halogens is 1. The second kappa shape index (κ2) is 11.4. The summed E-state index contributed by atoms with van der Waals surface area (Å²) in [5.41, 5.74) is 2.09. The Morgan fingerprint density at radius 1 is 1.14 bits per heavy atom. The molecule has 0 aliphatic carbocycles. The molecule has 0 saturated carbocycles. The van der Waals surface area contributed by atoms with Crippen LogP contribution in [0.1, 0.15) is 24.5 Å². The molecule has 0 radical (unpaired) electrons. The molecule has 3 rings (SSSR count). The first-order chi connectivity index (χ1) is 13.6. The Hall–Kier alpha value is -1.81. The van der Waals surface area contributed by atoms with Gasteiger partial charge in [-0.3, -0.25) is 0 Å². The molecule has 29 heavy (non-hydrogen) atoms. The minimum absolute atomic E-state index is 0. The van der Waals surface area contributed by atoms with E-state index in [1.165, 1.54) is 0 Å². The molecule has 2 N–H and O–H groups in total. The zero-order valence-electron chi connectivity index (χ0n) is 16.5. The fourth-order valence-corrected chi connectivity index (χ4v) is 4.77. The zero-order chi connectivity index (χ0) is 19.8. The highest BCUT2D eigenvalue weighted by Crippen LogP contribution is 2.20. The number of sulfone groups is 1. The van der Waals surface area contributed by atoms with Gasteiger partial charge in [-0.25, -0.2) is 13.4 Å². The normalized spacial score (nSPS) is 18.0. The Labute approximate surface area is 190 Å². The number of hydrogen-bond donors (Lipinski definition) is 2. The van der Waals surface area contributed by atoms with E-state index in [2.05, 4.69) is 15.6 Å². The molecule has 2 aromatic rings. The largest absolute Gasteiger partial charge is 0.489 e. The maximum atomic E-state index is 11.7. The van der Waals surface area contributed by atoms with Gasteiger partial charge >= 0.3 is 0 Å². The van der Waals surface area contributed by atoms with E-state index in [0.29, 0.717) is 32.1 Å². The number of aliphatic imine (C=N–C) groups is 1. The summed E-state index contributed by atoms with van der Waals surface area (Å²) in [6.45, 7) is 3.64. The maximum absolute atomic E-state index is 11.7. The summed E-state index contributed by atoms with van der Waals surface area (Å²) < 4.78 is 29.3. The first-order valence-corrected chi connectivity index (χ1v) is 11.4. The van der Waals surface area contributed by atoms with Crippen molar-refractivity contribution in [3.05, 3.63) is 65.7 Å². The predicted molar refractivity (Wildman–Crippen MR) is 128 cm³/mol. The Bertz CT molecular complexity index is 904. The molecule has 1 heterocycles. The number of nitrogens with zero attached hydrogens (tertiary/aromatic N) is 1. The lowest BCUT2D eigenvalue weighted by atomic mass is 10.2. The van der Waals surface area contributed by atoms with Gasteiger partial charge in [0.05, 0.1) is 18.1 Å². The van der Waals surface area contributed by atoms with Crippen LogP contribution in [0, 0.1) is 0 Å². The lowest BCUT2D eigenvalue weighted by Gasteiger charge is -2.16. The Morgan fingerprint density at radius 2 is 1.86 bits per heavy atom. The molecule has 158 valence electrons. The van der Waals surface area contributed by atoms with Crippen LogP contribution in [0.25, 0.3) is 0 Å². The lowest BCUT2D eigenvalue weighted by molar-refractivity contribution is 0.303. The molecule has 1 aliphatic rings.